The number of aryl methyl sites for hydroxylation is 1. The molecule has 3 heteroatoms. The Hall–Kier alpha value is -1.06. The predicted molar refractivity (Wildman–Crippen MR) is 61.7 cm³/mol. The summed E-state index contributed by atoms with van der Waals surface area (Å²) in [6.07, 6.45) is 2.42. The molecule has 15 heavy (non-hydrogen) atoms. The van der Waals surface area contributed by atoms with Gasteiger partial charge in [-0.3, -0.25) is 0 Å². The fraction of sp³-hybridized carbons (Fsp3) is 0.500. The molecule has 0 saturated heterocycles. The van der Waals surface area contributed by atoms with Crippen LogP contribution in [0.15, 0.2) is 18.2 Å². The minimum Gasteiger partial charge on any atom is -0.385 e. The number of hydroxylamine groups is 1. The molecule has 0 amide bonds. The van der Waals surface area contributed by atoms with Gasteiger partial charge in [-0.05, 0) is 30.9 Å². The molecule has 0 bridgehead atoms. The fourth-order valence-corrected chi connectivity index (χ4v) is 1.96. The highest BCUT2D eigenvalue weighted by Gasteiger charge is 2.11. The average molecular weight is 206 g/mol. The van der Waals surface area contributed by atoms with Crippen LogP contribution in [0.4, 0.5) is 5.69 Å². The van der Waals surface area contributed by atoms with Crippen molar-refractivity contribution in [2.45, 2.75) is 26.3 Å². The van der Waals surface area contributed by atoms with Crippen LogP contribution in [0.3, 0.4) is 0 Å². The van der Waals surface area contributed by atoms with Crippen molar-refractivity contribution in [1.29, 1.82) is 0 Å². The van der Waals surface area contributed by atoms with Gasteiger partial charge in [0, 0.05) is 18.8 Å². The molecule has 0 unspecified atom stereocenters. The summed E-state index contributed by atoms with van der Waals surface area (Å²) >= 11 is 0. The minimum absolute atomic E-state index is 0.697. The van der Waals surface area contributed by atoms with Gasteiger partial charge in [0.1, 0.15) is 0 Å². The summed E-state index contributed by atoms with van der Waals surface area (Å²) in [6.45, 7) is 4.52. The molecule has 1 aliphatic rings. The summed E-state index contributed by atoms with van der Waals surface area (Å²) in [4.78, 5) is 5.15. The van der Waals surface area contributed by atoms with Gasteiger partial charge in [0.2, 0.25) is 0 Å². The van der Waals surface area contributed by atoms with Crippen LogP contribution >= 0.6 is 0 Å². The Morgan fingerprint density at radius 2 is 2.40 bits per heavy atom. The number of para-hydroxylation sites is 1. The van der Waals surface area contributed by atoms with E-state index < -0.39 is 0 Å². The molecule has 0 saturated carbocycles. The number of nitrogens with one attached hydrogen (secondary N) is 2. The summed E-state index contributed by atoms with van der Waals surface area (Å²) in [6, 6.07) is 6.46. The lowest BCUT2D eigenvalue weighted by molar-refractivity contribution is 0.0464. The molecule has 0 radical (unpaired) electrons. The Morgan fingerprint density at radius 3 is 3.27 bits per heavy atom. The molecule has 1 aromatic rings. The van der Waals surface area contributed by atoms with Crippen molar-refractivity contribution >= 4 is 5.69 Å². The van der Waals surface area contributed by atoms with Gasteiger partial charge in [0.05, 0.1) is 6.61 Å². The quantitative estimate of drug-likeness (QED) is 0.584. The number of fused-ring (bicyclic) bond motifs is 1. The first-order valence-corrected chi connectivity index (χ1v) is 5.61. The van der Waals surface area contributed by atoms with Crippen LogP contribution in [0.1, 0.15) is 24.5 Å². The van der Waals surface area contributed by atoms with Gasteiger partial charge in [-0.2, -0.15) is 5.48 Å². The third kappa shape index (κ3) is 2.49. The summed E-state index contributed by atoms with van der Waals surface area (Å²) < 4.78 is 0. The number of anilines is 1. The molecular weight excluding hydrogens is 188 g/mol. The number of benzene rings is 1. The predicted octanol–water partition coefficient (Wildman–Crippen LogP) is 2.09. The zero-order chi connectivity index (χ0) is 10.5. The monoisotopic (exact) mass is 206 g/mol. The van der Waals surface area contributed by atoms with Gasteiger partial charge < -0.3 is 10.2 Å². The topological polar surface area (TPSA) is 33.3 Å². The highest BCUT2D eigenvalue weighted by Crippen LogP contribution is 2.25. The van der Waals surface area contributed by atoms with Crippen molar-refractivity contribution in [2.75, 3.05) is 18.5 Å². The standard InChI is InChI=1S/C12H18N2O/c1-2-15-14-9-11-6-3-5-10-7-4-8-13-12(10)11/h3,5-6,13-14H,2,4,7-9H2,1H3. The summed E-state index contributed by atoms with van der Waals surface area (Å²) in [7, 11) is 0. The van der Waals surface area contributed by atoms with Crippen LogP contribution in [-0.2, 0) is 17.8 Å². The molecule has 0 aromatic heterocycles. The first kappa shape index (κ1) is 10.5. The molecule has 0 aliphatic carbocycles. The van der Waals surface area contributed by atoms with Gasteiger partial charge in [-0.1, -0.05) is 18.2 Å². The van der Waals surface area contributed by atoms with Crippen LogP contribution in [0.2, 0.25) is 0 Å². The normalized spacial score (nSPS) is 14.5. The van der Waals surface area contributed by atoms with Gasteiger partial charge in [0.25, 0.3) is 0 Å². The Labute approximate surface area is 90.8 Å². The molecule has 0 atom stereocenters. The SMILES string of the molecule is CCONCc1cccc2c1NCCC2. The molecule has 2 N–H and O–H groups in total. The van der Waals surface area contributed by atoms with Crippen LogP contribution in [0.5, 0.6) is 0 Å². The van der Waals surface area contributed by atoms with Gasteiger partial charge >= 0.3 is 0 Å². The average Bonchev–Trinajstić information content (AvgIpc) is 2.30. The van der Waals surface area contributed by atoms with E-state index in [0.717, 1.165) is 13.1 Å². The van der Waals surface area contributed by atoms with Crippen molar-refractivity contribution in [3.63, 3.8) is 0 Å². The molecule has 1 aromatic carbocycles. The van der Waals surface area contributed by atoms with E-state index in [4.69, 9.17) is 4.84 Å². The van der Waals surface area contributed by atoms with E-state index in [1.807, 2.05) is 6.92 Å². The highest BCUT2D eigenvalue weighted by molar-refractivity contribution is 5.59. The van der Waals surface area contributed by atoms with E-state index in [2.05, 4.69) is 29.0 Å². The van der Waals surface area contributed by atoms with Gasteiger partial charge in [-0.25, -0.2) is 0 Å². The van der Waals surface area contributed by atoms with Crippen molar-refractivity contribution < 1.29 is 4.84 Å². The van der Waals surface area contributed by atoms with Crippen molar-refractivity contribution in [1.82, 2.24) is 5.48 Å². The van der Waals surface area contributed by atoms with Gasteiger partial charge in [0.15, 0.2) is 0 Å². The number of hydrogen-bond acceptors (Lipinski definition) is 3. The molecule has 1 heterocycles. The van der Waals surface area contributed by atoms with Gasteiger partial charge in [-0.15, -0.1) is 0 Å². The second kappa shape index (κ2) is 5.14. The maximum absolute atomic E-state index is 5.15. The third-order valence-corrected chi connectivity index (χ3v) is 2.67. The lowest BCUT2D eigenvalue weighted by atomic mass is 9.99. The van der Waals surface area contributed by atoms with Crippen LogP contribution in [-0.4, -0.2) is 13.2 Å². The number of rotatable bonds is 4. The molecule has 0 fully saturated rings. The lowest BCUT2D eigenvalue weighted by Gasteiger charge is -2.21. The lowest BCUT2D eigenvalue weighted by Crippen LogP contribution is -2.18. The zero-order valence-corrected chi connectivity index (χ0v) is 9.18. The fourth-order valence-electron chi connectivity index (χ4n) is 1.96. The van der Waals surface area contributed by atoms with E-state index in [0.29, 0.717) is 6.61 Å². The van der Waals surface area contributed by atoms with Crippen molar-refractivity contribution in [3.05, 3.63) is 29.3 Å². The van der Waals surface area contributed by atoms with Crippen molar-refractivity contribution in [2.24, 2.45) is 0 Å². The van der Waals surface area contributed by atoms with Crippen LogP contribution in [0.25, 0.3) is 0 Å². The molecular formula is C12H18N2O. The molecule has 2 rings (SSSR count). The summed E-state index contributed by atoms with van der Waals surface area (Å²) in [5.74, 6) is 0. The maximum Gasteiger partial charge on any atom is 0.0654 e. The Bertz CT molecular complexity index is 325. The Balaban J connectivity index is 2.09. The zero-order valence-electron chi connectivity index (χ0n) is 9.18. The summed E-state index contributed by atoms with van der Waals surface area (Å²) in [5, 5.41) is 3.46. The second-order valence-corrected chi connectivity index (χ2v) is 3.74. The van der Waals surface area contributed by atoms with E-state index in [1.54, 1.807) is 0 Å². The van der Waals surface area contributed by atoms with E-state index in [9.17, 15) is 0 Å². The minimum atomic E-state index is 0.697. The highest BCUT2D eigenvalue weighted by atomic mass is 16.6. The van der Waals surface area contributed by atoms with Crippen LogP contribution in [0, 0.1) is 0 Å². The van der Waals surface area contributed by atoms with Crippen molar-refractivity contribution in [3.8, 4) is 0 Å². The third-order valence-electron chi connectivity index (χ3n) is 2.67. The molecule has 1 aliphatic heterocycles. The second-order valence-electron chi connectivity index (χ2n) is 3.74. The Kier molecular flexibility index (Phi) is 3.59. The largest absolute Gasteiger partial charge is 0.385 e. The van der Waals surface area contributed by atoms with E-state index in [-0.39, 0.29) is 0 Å². The molecule has 3 nitrogen and oxygen atoms in total. The first-order valence-electron chi connectivity index (χ1n) is 5.61. The van der Waals surface area contributed by atoms with E-state index in [1.165, 1.54) is 29.7 Å². The number of hydrogen-bond donors (Lipinski definition) is 2. The first-order chi connectivity index (χ1) is 7.42. The van der Waals surface area contributed by atoms with E-state index >= 15 is 0 Å². The van der Waals surface area contributed by atoms with Crippen LogP contribution < -0.4 is 10.8 Å². The smallest absolute Gasteiger partial charge is 0.0654 e. The molecule has 0 spiro atoms. The molecule has 82 valence electrons. The summed E-state index contributed by atoms with van der Waals surface area (Å²) in [5.41, 5.74) is 6.98. The Morgan fingerprint density at radius 1 is 1.47 bits per heavy atom. The maximum atomic E-state index is 5.15.